The van der Waals surface area contributed by atoms with E-state index < -0.39 is 34.7 Å². The van der Waals surface area contributed by atoms with E-state index in [4.69, 9.17) is 32.8 Å². The van der Waals surface area contributed by atoms with Crippen LogP contribution in [0.5, 0.6) is 23.0 Å². The Labute approximate surface area is 348 Å². The molecule has 0 fully saturated rings. The van der Waals surface area contributed by atoms with E-state index in [0.29, 0.717) is 40.2 Å². The first-order chi connectivity index (χ1) is 28.3. The smallest absolute Gasteiger partial charge is 0.343 e. The van der Waals surface area contributed by atoms with Crippen molar-refractivity contribution in [3.63, 3.8) is 0 Å². The Morgan fingerprint density at radius 2 is 1.30 bits per heavy atom. The van der Waals surface area contributed by atoms with Crippen LogP contribution in [0.25, 0.3) is 28.0 Å². The van der Waals surface area contributed by atoms with Gasteiger partial charge in [0.05, 0.1) is 17.6 Å². The zero-order valence-electron chi connectivity index (χ0n) is 34.8. The van der Waals surface area contributed by atoms with Crippen LogP contribution < -0.4 is 18.9 Å². The van der Waals surface area contributed by atoms with Crippen molar-refractivity contribution in [1.29, 1.82) is 0 Å². The number of carbonyl (C=O) groups excluding carboxylic acids is 5. The fourth-order valence-corrected chi connectivity index (χ4v) is 5.51. The molecule has 0 amide bonds. The van der Waals surface area contributed by atoms with Crippen molar-refractivity contribution in [1.82, 2.24) is 0 Å². The molecule has 0 saturated carbocycles. The van der Waals surface area contributed by atoms with Gasteiger partial charge >= 0.3 is 29.8 Å². The molecule has 5 rings (SSSR count). The third-order valence-electron chi connectivity index (χ3n) is 9.14. The van der Waals surface area contributed by atoms with Gasteiger partial charge in [0.2, 0.25) is 0 Å². The van der Waals surface area contributed by atoms with Crippen molar-refractivity contribution in [3.05, 3.63) is 126 Å². The molecule has 12 nitrogen and oxygen atoms in total. The monoisotopic (exact) mass is 816 g/mol. The summed E-state index contributed by atoms with van der Waals surface area (Å²) in [7, 11) is 0. The fraction of sp³-hybridized carbons (Fsp3) is 0.271. The summed E-state index contributed by atoms with van der Waals surface area (Å²) in [5.74, 6) is -1.31. The maximum atomic E-state index is 12.8. The lowest BCUT2D eigenvalue weighted by molar-refractivity contribution is -0.159. The van der Waals surface area contributed by atoms with Gasteiger partial charge in [-0.25, -0.2) is 19.2 Å². The van der Waals surface area contributed by atoms with Gasteiger partial charge in [-0.1, -0.05) is 26.1 Å². The van der Waals surface area contributed by atoms with E-state index in [1.54, 1.807) is 52.8 Å². The maximum absolute atomic E-state index is 12.8. The Kier molecular flexibility index (Phi) is 13.8. The van der Waals surface area contributed by atoms with Gasteiger partial charge < -0.3 is 32.8 Å². The van der Waals surface area contributed by atoms with Gasteiger partial charge in [0.25, 0.3) is 0 Å². The minimum absolute atomic E-state index is 0.0139. The molecule has 1 unspecified atom stereocenters. The molecule has 1 aromatic heterocycles. The number of fused-ring (bicyclic) bond motifs is 3. The van der Waals surface area contributed by atoms with Crippen molar-refractivity contribution in [2.45, 2.75) is 54.9 Å². The van der Waals surface area contributed by atoms with Gasteiger partial charge in [-0.15, -0.1) is 0 Å². The number of esters is 5. The van der Waals surface area contributed by atoms with Crippen molar-refractivity contribution in [3.8, 4) is 23.0 Å². The number of furan rings is 1. The van der Waals surface area contributed by atoms with Gasteiger partial charge in [0, 0.05) is 39.5 Å². The molecule has 0 aliphatic carbocycles. The van der Waals surface area contributed by atoms with E-state index in [9.17, 15) is 24.0 Å². The summed E-state index contributed by atoms with van der Waals surface area (Å²) >= 11 is 0. The lowest BCUT2D eigenvalue weighted by Crippen LogP contribution is -2.35. The van der Waals surface area contributed by atoms with Crippen LogP contribution in [0.4, 0.5) is 0 Å². The largest absolute Gasteiger partial charge is 0.493 e. The summed E-state index contributed by atoms with van der Waals surface area (Å²) in [4.78, 5) is 61.8. The van der Waals surface area contributed by atoms with Crippen LogP contribution >= 0.6 is 0 Å². The SMILES string of the molecule is C=C(C)C(=O)OCC(C)(CCOc1ccc2c(c1)oc1cc(/C=C/C(=O)Oc3ccc(OC(=O)c4ccc(OC(=O)C(=C)C)cc4)cc3C)ccc12)COC(=O)C(C)(C)C. The molecule has 12 heteroatoms. The number of carbonyl (C=O) groups is 5. The van der Waals surface area contributed by atoms with Crippen LogP contribution in [0.1, 0.15) is 69.4 Å². The molecule has 0 aliphatic rings. The van der Waals surface area contributed by atoms with Crippen LogP contribution in [-0.2, 0) is 28.7 Å². The second-order valence-electron chi connectivity index (χ2n) is 15.9. The average molecular weight is 817 g/mol. The van der Waals surface area contributed by atoms with Crippen LogP contribution in [0.2, 0.25) is 0 Å². The quantitative estimate of drug-likeness (QED) is 0.0529. The van der Waals surface area contributed by atoms with Crippen LogP contribution in [0.3, 0.4) is 0 Å². The Morgan fingerprint density at radius 3 is 1.95 bits per heavy atom. The first kappa shape index (κ1) is 44.2. The van der Waals surface area contributed by atoms with E-state index in [1.165, 1.54) is 49.4 Å². The molecule has 5 aromatic rings. The van der Waals surface area contributed by atoms with E-state index in [1.807, 2.05) is 37.3 Å². The van der Waals surface area contributed by atoms with E-state index in [-0.39, 0.29) is 54.0 Å². The third kappa shape index (κ3) is 11.8. The van der Waals surface area contributed by atoms with Crippen LogP contribution in [-0.4, -0.2) is 49.7 Å². The second-order valence-corrected chi connectivity index (χ2v) is 15.9. The Balaban J connectivity index is 1.17. The third-order valence-corrected chi connectivity index (χ3v) is 9.14. The summed E-state index contributed by atoms with van der Waals surface area (Å²) in [6.07, 6.45) is 3.33. The molecule has 0 radical (unpaired) electrons. The number of benzene rings is 4. The molecule has 1 atom stereocenters. The topological polar surface area (TPSA) is 154 Å². The van der Waals surface area contributed by atoms with Gasteiger partial charge in [-0.3, -0.25) is 4.79 Å². The molecule has 60 heavy (non-hydrogen) atoms. The second kappa shape index (κ2) is 18.8. The summed E-state index contributed by atoms with van der Waals surface area (Å²) in [6, 6.07) is 21.6. The van der Waals surface area contributed by atoms with Gasteiger partial charge in [-0.2, -0.15) is 0 Å². The molecule has 1 heterocycles. The van der Waals surface area contributed by atoms with E-state index >= 15 is 0 Å². The van der Waals surface area contributed by atoms with Crippen LogP contribution in [0.15, 0.2) is 114 Å². The van der Waals surface area contributed by atoms with E-state index in [2.05, 4.69) is 13.2 Å². The average Bonchev–Trinajstić information content (AvgIpc) is 3.56. The summed E-state index contributed by atoms with van der Waals surface area (Å²) in [5, 5.41) is 1.75. The van der Waals surface area contributed by atoms with Gasteiger partial charge in [0.15, 0.2) is 0 Å². The minimum Gasteiger partial charge on any atom is -0.493 e. The normalized spacial score (nSPS) is 12.4. The number of hydrogen-bond acceptors (Lipinski definition) is 12. The van der Waals surface area contributed by atoms with Crippen LogP contribution in [0, 0.1) is 17.8 Å². The highest BCUT2D eigenvalue weighted by Crippen LogP contribution is 2.33. The van der Waals surface area contributed by atoms with Gasteiger partial charge in [-0.05, 0) is 132 Å². The summed E-state index contributed by atoms with van der Waals surface area (Å²) < 4.78 is 39.5. The number of rotatable bonds is 16. The molecule has 0 saturated heterocycles. The zero-order valence-corrected chi connectivity index (χ0v) is 34.8. The first-order valence-electron chi connectivity index (χ1n) is 19.1. The number of hydrogen-bond donors (Lipinski definition) is 0. The maximum Gasteiger partial charge on any atom is 0.343 e. The number of aryl methyl sites for hydroxylation is 1. The lowest BCUT2D eigenvalue weighted by Gasteiger charge is -2.30. The highest BCUT2D eigenvalue weighted by Gasteiger charge is 2.32. The highest BCUT2D eigenvalue weighted by molar-refractivity contribution is 6.06. The Hall–Kier alpha value is -6.95. The Bertz CT molecular complexity index is 2500. The standard InChI is InChI=1S/C48H48O12/c1-29(2)43(50)55-27-48(9,28-56-46(53)47(6,7)8)22-23-54-35-16-19-38-37-18-10-32(25-40(37)59-41(38)26-35)11-21-42(49)60-39-20-17-36(24-31(39)5)58-45(52)33-12-14-34(15-13-33)57-44(51)30(3)4/h10-21,24-26H,1,3,22-23,27-28H2,2,4-9H3/b21-11+. The minimum atomic E-state index is -0.714. The molecule has 0 bridgehead atoms. The molecular weight excluding hydrogens is 769 g/mol. The molecule has 0 aliphatic heterocycles. The molecular formula is C48H48O12. The molecule has 4 aromatic carbocycles. The highest BCUT2D eigenvalue weighted by atomic mass is 16.6. The molecule has 312 valence electrons. The van der Waals surface area contributed by atoms with Crippen molar-refractivity contribution in [2.24, 2.45) is 10.8 Å². The zero-order chi connectivity index (χ0) is 43.8. The summed E-state index contributed by atoms with van der Waals surface area (Å²) in [5.41, 5.74) is 1.85. The van der Waals surface area contributed by atoms with E-state index in [0.717, 1.165) is 10.8 Å². The predicted octanol–water partition coefficient (Wildman–Crippen LogP) is 9.70. The van der Waals surface area contributed by atoms with Crippen molar-refractivity contribution < 1.29 is 56.8 Å². The predicted molar refractivity (Wildman–Crippen MR) is 226 cm³/mol. The molecule has 0 spiro atoms. The first-order valence-corrected chi connectivity index (χ1v) is 19.1. The molecule has 0 N–H and O–H groups in total. The van der Waals surface area contributed by atoms with Crippen molar-refractivity contribution >= 4 is 57.9 Å². The fourth-order valence-electron chi connectivity index (χ4n) is 5.51. The number of ether oxygens (including phenoxy) is 6. The lowest BCUT2D eigenvalue weighted by atomic mass is 9.88. The summed E-state index contributed by atoms with van der Waals surface area (Å²) in [6.45, 7) is 19.5. The Morgan fingerprint density at radius 1 is 0.683 bits per heavy atom. The van der Waals surface area contributed by atoms with Gasteiger partial charge in [0.1, 0.15) is 47.4 Å². The van der Waals surface area contributed by atoms with Crippen molar-refractivity contribution in [2.75, 3.05) is 19.8 Å².